The Morgan fingerprint density at radius 3 is 2.92 bits per heavy atom. The van der Waals surface area contributed by atoms with Crippen molar-refractivity contribution in [1.29, 1.82) is 0 Å². The van der Waals surface area contributed by atoms with E-state index >= 15 is 0 Å². The van der Waals surface area contributed by atoms with Crippen LogP contribution < -0.4 is 0 Å². The van der Waals surface area contributed by atoms with Crippen molar-refractivity contribution in [2.45, 2.75) is 25.5 Å². The summed E-state index contributed by atoms with van der Waals surface area (Å²) in [7, 11) is 0. The second-order valence-electron chi connectivity index (χ2n) is 3.28. The number of aromatic nitrogens is 1. The SMILES string of the molecule is CC(C)CSCc1nc(CCl)cs1. The van der Waals surface area contributed by atoms with E-state index in [1.807, 2.05) is 17.1 Å². The van der Waals surface area contributed by atoms with Crippen molar-refractivity contribution in [3.8, 4) is 0 Å². The van der Waals surface area contributed by atoms with Crippen molar-refractivity contribution >= 4 is 34.7 Å². The number of thioether (sulfide) groups is 1. The summed E-state index contributed by atoms with van der Waals surface area (Å²) in [6.45, 7) is 4.47. The molecule has 1 nitrogen and oxygen atoms in total. The van der Waals surface area contributed by atoms with E-state index < -0.39 is 0 Å². The summed E-state index contributed by atoms with van der Waals surface area (Å²) in [4.78, 5) is 4.39. The van der Waals surface area contributed by atoms with E-state index in [0.29, 0.717) is 5.88 Å². The third-order valence-electron chi connectivity index (χ3n) is 1.41. The van der Waals surface area contributed by atoms with Crippen molar-refractivity contribution in [2.75, 3.05) is 5.75 Å². The van der Waals surface area contributed by atoms with Gasteiger partial charge < -0.3 is 0 Å². The molecule has 0 radical (unpaired) electrons. The largest absolute Gasteiger partial charge is 0.244 e. The first-order valence-electron chi connectivity index (χ1n) is 4.29. The molecule has 0 aliphatic heterocycles. The summed E-state index contributed by atoms with van der Waals surface area (Å²) in [6.07, 6.45) is 0. The molecular formula is C9H14ClNS2. The molecule has 13 heavy (non-hydrogen) atoms. The number of thiazole rings is 1. The van der Waals surface area contributed by atoms with Crippen molar-refractivity contribution < 1.29 is 0 Å². The van der Waals surface area contributed by atoms with Crippen LogP contribution in [0, 0.1) is 5.92 Å². The smallest absolute Gasteiger partial charge is 0.103 e. The molecule has 1 aromatic rings. The predicted molar refractivity (Wildman–Crippen MR) is 62.7 cm³/mol. The first-order valence-corrected chi connectivity index (χ1v) is 6.86. The van der Waals surface area contributed by atoms with Crippen LogP contribution in [0.5, 0.6) is 0 Å². The average molecular weight is 236 g/mol. The molecular weight excluding hydrogens is 222 g/mol. The van der Waals surface area contributed by atoms with Crippen LogP contribution in [0.25, 0.3) is 0 Å². The Balaban J connectivity index is 2.28. The highest BCUT2D eigenvalue weighted by molar-refractivity contribution is 7.98. The van der Waals surface area contributed by atoms with Crippen molar-refractivity contribution in [3.63, 3.8) is 0 Å². The third-order valence-corrected chi connectivity index (χ3v) is 4.15. The van der Waals surface area contributed by atoms with Crippen molar-refractivity contribution in [2.24, 2.45) is 5.92 Å². The van der Waals surface area contributed by atoms with Crippen molar-refractivity contribution in [3.05, 3.63) is 16.1 Å². The maximum Gasteiger partial charge on any atom is 0.103 e. The summed E-state index contributed by atoms with van der Waals surface area (Å²) in [6, 6.07) is 0. The van der Waals surface area contributed by atoms with E-state index in [9.17, 15) is 0 Å². The van der Waals surface area contributed by atoms with E-state index in [-0.39, 0.29) is 0 Å². The third kappa shape index (κ3) is 4.34. The lowest BCUT2D eigenvalue weighted by Gasteiger charge is -2.01. The van der Waals surface area contributed by atoms with E-state index in [1.54, 1.807) is 11.3 Å². The summed E-state index contributed by atoms with van der Waals surface area (Å²) >= 11 is 9.31. The highest BCUT2D eigenvalue weighted by Crippen LogP contribution is 2.19. The summed E-state index contributed by atoms with van der Waals surface area (Å²) in [5.74, 6) is 3.53. The van der Waals surface area contributed by atoms with Gasteiger partial charge in [-0.15, -0.1) is 22.9 Å². The fourth-order valence-corrected chi connectivity index (χ4v) is 3.02. The lowest BCUT2D eigenvalue weighted by molar-refractivity contribution is 0.750. The zero-order valence-corrected chi connectivity index (χ0v) is 10.3. The number of nitrogens with zero attached hydrogens (tertiary/aromatic N) is 1. The normalized spacial score (nSPS) is 11.1. The topological polar surface area (TPSA) is 12.9 Å². The van der Waals surface area contributed by atoms with Crippen LogP contribution in [0.2, 0.25) is 0 Å². The maximum atomic E-state index is 5.66. The molecule has 0 atom stereocenters. The molecule has 0 aliphatic carbocycles. The zero-order chi connectivity index (χ0) is 9.68. The molecule has 0 fully saturated rings. The van der Waals surface area contributed by atoms with Gasteiger partial charge in [-0.2, -0.15) is 11.8 Å². The Morgan fingerprint density at radius 1 is 1.62 bits per heavy atom. The van der Waals surface area contributed by atoms with Crippen molar-refractivity contribution in [1.82, 2.24) is 4.98 Å². The molecule has 1 heterocycles. The maximum absolute atomic E-state index is 5.66. The second-order valence-corrected chi connectivity index (χ2v) is 5.52. The number of rotatable bonds is 5. The summed E-state index contributed by atoms with van der Waals surface area (Å²) < 4.78 is 0. The van der Waals surface area contributed by atoms with E-state index in [4.69, 9.17) is 11.6 Å². The van der Waals surface area contributed by atoms with Gasteiger partial charge in [-0.1, -0.05) is 13.8 Å². The molecule has 0 bridgehead atoms. The molecule has 0 saturated carbocycles. The average Bonchev–Trinajstić information content (AvgIpc) is 2.52. The highest BCUT2D eigenvalue weighted by Gasteiger charge is 2.01. The zero-order valence-electron chi connectivity index (χ0n) is 7.92. The minimum atomic E-state index is 0.533. The van der Waals surface area contributed by atoms with Crippen LogP contribution in [-0.4, -0.2) is 10.7 Å². The summed E-state index contributed by atoms with van der Waals surface area (Å²) in [5, 5.41) is 3.24. The lowest BCUT2D eigenvalue weighted by atomic mass is 10.3. The second kappa shape index (κ2) is 5.89. The molecule has 0 spiro atoms. The van der Waals surface area contributed by atoms with Gasteiger partial charge >= 0.3 is 0 Å². The minimum Gasteiger partial charge on any atom is -0.244 e. The van der Waals surface area contributed by atoms with E-state index in [1.165, 1.54) is 10.8 Å². The van der Waals surface area contributed by atoms with Crippen LogP contribution in [0.4, 0.5) is 0 Å². The van der Waals surface area contributed by atoms with E-state index in [0.717, 1.165) is 17.4 Å². The minimum absolute atomic E-state index is 0.533. The molecule has 0 amide bonds. The lowest BCUT2D eigenvalue weighted by Crippen LogP contribution is -1.91. The summed E-state index contributed by atoms with van der Waals surface area (Å²) in [5.41, 5.74) is 1.01. The fraction of sp³-hybridized carbons (Fsp3) is 0.667. The molecule has 0 aliphatic rings. The van der Waals surface area contributed by atoms with Crippen LogP contribution in [0.15, 0.2) is 5.38 Å². The van der Waals surface area contributed by atoms with Crippen LogP contribution >= 0.6 is 34.7 Å². The fourth-order valence-electron chi connectivity index (χ4n) is 0.859. The van der Waals surface area contributed by atoms with Gasteiger partial charge in [0.15, 0.2) is 0 Å². The molecule has 4 heteroatoms. The van der Waals surface area contributed by atoms with Gasteiger partial charge in [0.05, 0.1) is 11.6 Å². The number of halogens is 1. The van der Waals surface area contributed by atoms with Crippen LogP contribution in [-0.2, 0) is 11.6 Å². The Bertz CT molecular complexity index is 248. The number of alkyl halides is 1. The number of hydrogen-bond donors (Lipinski definition) is 0. The van der Waals surface area contributed by atoms with Gasteiger partial charge in [-0.3, -0.25) is 0 Å². The Kier molecular flexibility index (Phi) is 5.14. The standard InChI is InChI=1S/C9H14ClNS2/c1-7(2)4-12-6-9-11-8(3-10)5-13-9/h5,7H,3-4,6H2,1-2H3. The Hall–Kier alpha value is 0.270. The monoisotopic (exact) mass is 235 g/mol. The Labute approximate surface area is 92.9 Å². The van der Waals surface area contributed by atoms with Gasteiger partial charge in [0.1, 0.15) is 5.01 Å². The molecule has 0 N–H and O–H groups in total. The quantitative estimate of drug-likeness (QED) is 0.721. The van der Waals surface area contributed by atoms with Gasteiger partial charge in [0.2, 0.25) is 0 Å². The predicted octanol–water partition coefficient (Wildman–Crippen LogP) is 3.77. The highest BCUT2D eigenvalue weighted by atomic mass is 35.5. The van der Waals surface area contributed by atoms with Gasteiger partial charge in [0, 0.05) is 11.1 Å². The Morgan fingerprint density at radius 2 is 2.38 bits per heavy atom. The van der Waals surface area contributed by atoms with E-state index in [2.05, 4.69) is 18.8 Å². The number of hydrogen-bond acceptors (Lipinski definition) is 3. The van der Waals surface area contributed by atoms with Gasteiger partial charge in [-0.05, 0) is 11.7 Å². The molecule has 1 aromatic heterocycles. The molecule has 0 aromatic carbocycles. The molecule has 0 saturated heterocycles. The first-order chi connectivity index (χ1) is 6.22. The molecule has 74 valence electrons. The molecule has 1 rings (SSSR count). The first kappa shape index (κ1) is 11.3. The van der Waals surface area contributed by atoms with Crippen LogP contribution in [0.3, 0.4) is 0 Å². The molecule has 0 unspecified atom stereocenters. The van der Waals surface area contributed by atoms with Gasteiger partial charge in [0.25, 0.3) is 0 Å². The van der Waals surface area contributed by atoms with Crippen LogP contribution in [0.1, 0.15) is 24.5 Å². The van der Waals surface area contributed by atoms with Gasteiger partial charge in [-0.25, -0.2) is 4.98 Å².